The molecule has 3 heteroatoms. The molecule has 0 amide bonds. The molecule has 0 fully saturated rings. The summed E-state index contributed by atoms with van der Waals surface area (Å²) in [4.78, 5) is 4.15. The lowest BCUT2D eigenvalue weighted by Gasteiger charge is -2.11. The van der Waals surface area contributed by atoms with Gasteiger partial charge in [0.25, 0.3) is 0 Å². The molecule has 1 N–H and O–H groups in total. The van der Waals surface area contributed by atoms with Crippen LogP contribution in [0.3, 0.4) is 0 Å². The fourth-order valence-corrected chi connectivity index (χ4v) is 1.38. The molecule has 1 aromatic rings. The fourth-order valence-electron chi connectivity index (χ4n) is 1.38. The first-order valence-corrected chi connectivity index (χ1v) is 4.36. The van der Waals surface area contributed by atoms with Crippen LogP contribution in [0.4, 0.5) is 0 Å². The molecular weight excluding hydrogens is 166 g/mol. The molecule has 13 heavy (non-hydrogen) atoms. The van der Waals surface area contributed by atoms with E-state index in [-0.39, 0.29) is 6.61 Å². The number of ether oxygens (including phenoxy) is 1. The zero-order chi connectivity index (χ0) is 9.84. The number of nitrogens with zero attached hydrogens (tertiary/aromatic N) is 1. The Morgan fingerprint density at radius 3 is 2.69 bits per heavy atom. The van der Waals surface area contributed by atoms with Crippen LogP contribution in [0, 0.1) is 6.92 Å². The number of methoxy groups -OCH3 is 1. The van der Waals surface area contributed by atoms with E-state index in [1.807, 2.05) is 6.92 Å². The smallest absolute Gasteiger partial charge is 0.128 e. The Labute approximate surface area is 78.4 Å². The van der Waals surface area contributed by atoms with Crippen molar-refractivity contribution < 1.29 is 9.84 Å². The molecule has 0 aliphatic heterocycles. The van der Waals surface area contributed by atoms with Gasteiger partial charge in [0.05, 0.1) is 19.4 Å². The normalized spacial score (nSPS) is 10.2. The SMILES string of the molecule is CCc1cnc(CO)c(C)c1OC. The minimum absolute atomic E-state index is 0.0355. The highest BCUT2D eigenvalue weighted by atomic mass is 16.5. The minimum atomic E-state index is -0.0355. The van der Waals surface area contributed by atoms with Gasteiger partial charge in [0.1, 0.15) is 5.75 Å². The van der Waals surface area contributed by atoms with E-state index in [9.17, 15) is 0 Å². The summed E-state index contributed by atoms with van der Waals surface area (Å²) >= 11 is 0. The van der Waals surface area contributed by atoms with Crippen LogP contribution in [0.2, 0.25) is 0 Å². The number of aliphatic hydroxyl groups excluding tert-OH is 1. The summed E-state index contributed by atoms with van der Waals surface area (Å²) in [5.74, 6) is 0.849. The van der Waals surface area contributed by atoms with Crippen molar-refractivity contribution in [2.75, 3.05) is 7.11 Å². The van der Waals surface area contributed by atoms with Crippen LogP contribution in [0.25, 0.3) is 0 Å². The van der Waals surface area contributed by atoms with Crippen LogP contribution < -0.4 is 4.74 Å². The predicted octanol–water partition coefficient (Wildman–Crippen LogP) is 1.45. The second kappa shape index (κ2) is 4.23. The van der Waals surface area contributed by atoms with Gasteiger partial charge in [0.15, 0.2) is 0 Å². The molecule has 1 aromatic heterocycles. The Morgan fingerprint density at radius 1 is 1.54 bits per heavy atom. The summed E-state index contributed by atoms with van der Waals surface area (Å²) in [6, 6.07) is 0. The van der Waals surface area contributed by atoms with Gasteiger partial charge < -0.3 is 9.84 Å². The van der Waals surface area contributed by atoms with Crippen LogP contribution in [0.1, 0.15) is 23.7 Å². The molecule has 0 radical (unpaired) electrons. The number of pyridine rings is 1. The molecule has 0 atom stereocenters. The zero-order valence-corrected chi connectivity index (χ0v) is 8.29. The van der Waals surface area contributed by atoms with Gasteiger partial charge in [0.2, 0.25) is 0 Å². The first kappa shape index (κ1) is 9.99. The number of aryl methyl sites for hydroxylation is 1. The number of hydrogen-bond acceptors (Lipinski definition) is 3. The molecular formula is C10H15NO2. The van der Waals surface area contributed by atoms with Crippen molar-refractivity contribution in [3.8, 4) is 5.75 Å². The van der Waals surface area contributed by atoms with Gasteiger partial charge in [-0.15, -0.1) is 0 Å². The quantitative estimate of drug-likeness (QED) is 0.767. The van der Waals surface area contributed by atoms with Crippen molar-refractivity contribution in [2.45, 2.75) is 26.9 Å². The average molecular weight is 181 g/mol. The van der Waals surface area contributed by atoms with E-state index < -0.39 is 0 Å². The van der Waals surface area contributed by atoms with Crippen molar-refractivity contribution in [2.24, 2.45) is 0 Å². The van der Waals surface area contributed by atoms with Crippen molar-refractivity contribution in [1.82, 2.24) is 4.98 Å². The maximum atomic E-state index is 8.98. The maximum absolute atomic E-state index is 8.98. The second-order valence-electron chi connectivity index (χ2n) is 2.90. The predicted molar refractivity (Wildman–Crippen MR) is 50.8 cm³/mol. The van der Waals surface area contributed by atoms with Crippen molar-refractivity contribution in [3.63, 3.8) is 0 Å². The standard InChI is InChI=1S/C10H15NO2/c1-4-8-5-11-9(6-12)7(2)10(8)13-3/h5,12H,4,6H2,1-3H3. The topological polar surface area (TPSA) is 42.4 Å². The molecule has 0 aliphatic rings. The van der Waals surface area contributed by atoms with E-state index in [4.69, 9.17) is 9.84 Å². The summed E-state index contributed by atoms with van der Waals surface area (Å²) in [5.41, 5.74) is 2.70. The highest BCUT2D eigenvalue weighted by Gasteiger charge is 2.09. The van der Waals surface area contributed by atoms with Crippen molar-refractivity contribution >= 4 is 0 Å². The monoisotopic (exact) mass is 181 g/mol. The Bertz CT molecular complexity index is 297. The van der Waals surface area contributed by atoms with E-state index in [1.54, 1.807) is 13.3 Å². The van der Waals surface area contributed by atoms with Gasteiger partial charge in [-0.2, -0.15) is 0 Å². The molecule has 72 valence electrons. The molecule has 0 aliphatic carbocycles. The van der Waals surface area contributed by atoms with Gasteiger partial charge in [-0.1, -0.05) is 6.92 Å². The van der Waals surface area contributed by atoms with E-state index in [1.165, 1.54) is 0 Å². The second-order valence-corrected chi connectivity index (χ2v) is 2.90. The highest BCUT2D eigenvalue weighted by molar-refractivity contribution is 5.41. The first-order valence-electron chi connectivity index (χ1n) is 4.36. The van der Waals surface area contributed by atoms with Crippen molar-refractivity contribution in [1.29, 1.82) is 0 Å². The van der Waals surface area contributed by atoms with Crippen molar-refractivity contribution in [3.05, 3.63) is 23.0 Å². The van der Waals surface area contributed by atoms with E-state index in [2.05, 4.69) is 11.9 Å². The molecule has 0 bridgehead atoms. The molecule has 0 unspecified atom stereocenters. The number of rotatable bonds is 3. The first-order chi connectivity index (χ1) is 6.24. The zero-order valence-electron chi connectivity index (χ0n) is 8.29. The van der Waals surface area contributed by atoms with Crippen LogP contribution in [-0.4, -0.2) is 17.2 Å². The van der Waals surface area contributed by atoms with Gasteiger partial charge in [-0.05, 0) is 13.3 Å². The third-order valence-electron chi connectivity index (χ3n) is 2.18. The lowest BCUT2D eigenvalue weighted by molar-refractivity contribution is 0.274. The molecule has 0 aromatic carbocycles. The van der Waals surface area contributed by atoms with E-state index >= 15 is 0 Å². The summed E-state index contributed by atoms with van der Waals surface area (Å²) in [5, 5.41) is 8.98. The van der Waals surface area contributed by atoms with Crippen LogP contribution in [0.5, 0.6) is 5.75 Å². The summed E-state index contributed by atoms with van der Waals surface area (Å²) in [6.45, 7) is 3.93. The number of hydrogen-bond donors (Lipinski definition) is 1. The van der Waals surface area contributed by atoms with Gasteiger partial charge >= 0.3 is 0 Å². The fraction of sp³-hybridized carbons (Fsp3) is 0.500. The summed E-state index contributed by atoms with van der Waals surface area (Å²) in [7, 11) is 1.64. The molecule has 0 spiro atoms. The van der Waals surface area contributed by atoms with Crippen LogP contribution in [0.15, 0.2) is 6.20 Å². The van der Waals surface area contributed by atoms with E-state index in [0.29, 0.717) is 5.69 Å². The Kier molecular flexibility index (Phi) is 3.25. The molecule has 0 saturated carbocycles. The Morgan fingerprint density at radius 2 is 2.23 bits per heavy atom. The van der Waals surface area contributed by atoms with Gasteiger partial charge in [-0.3, -0.25) is 4.98 Å². The highest BCUT2D eigenvalue weighted by Crippen LogP contribution is 2.24. The van der Waals surface area contributed by atoms with Gasteiger partial charge in [0, 0.05) is 17.3 Å². The Balaban J connectivity index is 3.23. The van der Waals surface area contributed by atoms with Crippen LogP contribution >= 0.6 is 0 Å². The lowest BCUT2D eigenvalue weighted by Crippen LogP contribution is -2.01. The number of aromatic nitrogens is 1. The average Bonchev–Trinajstić information content (AvgIpc) is 2.17. The molecule has 0 saturated heterocycles. The lowest BCUT2D eigenvalue weighted by atomic mass is 10.1. The molecule has 3 nitrogen and oxygen atoms in total. The largest absolute Gasteiger partial charge is 0.496 e. The van der Waals surface area contributed by atoms with E-state index in [0.717, 1.165) is 23.3 Å². The maximum Gasteiger partial charge on any atom is 0.128 e. The van der Waals surface area contributed by atoms with Gasteiger partial charge in [-0.25, -0.2) is 0 Å². The third kappa shape index (κ3) is 1.80. The third-order valence-corrected chi connectivity index (χ3v) is 2.18. The summed E-state index contributed by atoms with van der Waals surface area (Å²) < 4.78 is 5.26. The minimum Gasteiger partial charge on any atom is -0.496 e. The molecule has 1 heterocycles. The Hall–Kier alpha value is -1.09. The summed E-state index contributed by atoms with van der Waals surface area (Å²) in [6.07, 6.45) is 2.65. The number of aliphatic hydroxyl groups is 1. The van der Waals surface area contributed by atoms with Crippen LogP contribution in [-0.2, 0) is 13.0 Å². The molecule has 1 rings (SSSR count).